The van der Waals surface area contributed by atoms with E-state index in [-0.39, 0.29) is 17.1 Å². The van der Waals surface area contributed by atoms with Gasteiger partial charge in [-0.25, -0.2) is 9.48 Å². The van der Waals surface area contributed by atoms with Crippen molar-refractivity contribution in [3.05, 3.63) is 6.20 Å². The summed E-state index contributed by atoms with van der Waals surface area (Å²) in [4.78, 5) is 24.5. The highest BCUT2D eigenvalue weighted by Gasteiger charge is 2.60. The molecule has 3 N–H and O–H groups in total. The van der Waals surface area contributed by atoms with Crippen LogP contribution in [-0.4, -0.2) is 53.0 Å². The lowest BCUT2D eigenvalue weighted by atomic mass is 9.96. The molecule has 0 aliphatic carbocycles. The molecule has 1 aromatic rings. The van der Waals surface area contributed by atoms with Gasteiger partial charge in [-0.2, -0.15) is 0 Å². The van der Waals surface area contributed by atoms with Crippen LogP contribution in [0, 0.1) is 0 Å². The van der Waals surface area contributed by atoms with E-state index in [0.717, 1.165) is 0 Å². The van der Waals surface area contributed by atoms with Crippen LogP contribution in [0.2, 0.25) is 0 Å². The molecule has 9 heteroatoms. The molecule has 0 aromatic carbocycles. The molecule has 0 unspecified atom stereocenters. The average molecular weight is 283 g/mol. The van der Waals surface area contributed by atoms with Gasteiger partial charge in [0.25, 0.3) is 0 Å². The molecule has 3 atom stereocenters. The van der Waals surface area contributed by atoms with Gasteiger partial charge in [0.1, 0.15) is 6.04 Å². The number of nitrogens with two attached hydrogens (primary N) is 1. The second kappa shape index (κ2) is 3.86. The SMILES string of the molecule is C[C@@]1(Cn2cc(N)nn2)S[C@@H]2CC(=O)N2[C@H]1C(=O)O. The van der Waals surface area contributed by atoms with Crippen molar-refractivity contribution in [1.29, 1.82) is 0 Å². The lowest BCUT2D eigenvalue weighted by molar-refractivity contribution is -0.157. The maximum Gasteiger partial charge on any atom is 0.327 e. The van der Waals surface area contributed by atoms with Crippen LogP contribution < -0.4 is 5.73 Å². The van der Waals surface area contributed by atoms with Crippen LogP contribution in [-0.2, 0) is 16.1 Å². The topological polar surface area (TPSA) is 114 Å². The Kier molecular flexibility index (Phi) is 2.49. The number of carboxylic acids is 1. The molecule has 2 fully saturated rings. The maximum absolute atomic E-state index is 11.6. The molecule has 1 amide bonds. The van der Waals surface area contributed by atoms with Gasteiger partial charge in [-0.1, -0.05) is 5.21 Å². The van der Waals surface area contributed by atoms with Crippen LogP contribution >= 0.6 is 11.8 Å². The Morgan fingerprint density at radius 2 is 2.47 bits per heavy atom. The van der Waals surface area contributed by atoms with Gasteiger partial charge in [0.2, 0.25) is 5.91 Å². The highest BCUT2D eigenvalue weighted by atomic mass is 32.2. The molecule has 2 aliphatic rings. The first-order valence-corrected chi connectivity index (χ1v) is 6.66. The predicted molar refractivity (Wildman–Crippen MR) is 67.1 cm³/mol. The Hall–Kier alpha value is -1.77. The minimum atomic E-state index is -0.987. The normalized spacial score (nSPS) is 33.1. The quantitative estimate of drug-likeness (QED) is 0.710. The van der Waals surface area contributed by atoms with Crippen molar-refractivity contribution < 1.29 is 14.7 Å². The highest BCUT2D eigenvalue weighted by molar-refractivity contribution is 8.01. The molecule has 102 valence electrons. The number of aromatic nitrogens is 3. The number of carbonyl (C=O) groups excluding carboxylic acids is 1. The van der Waals surface area contributed by atoms with E-state index in [1.807, 2.05) is 6.92 Å². The number of aliphatic carboxylic acids is 1. The van der Waals surface area contributed by atoms with Gasteiger partial charge < -0.3 is 15.7 Å². The molecule has 0 radical (unpaired) electrons. The molecule has 3 rings (SSSR count). The van der Waals surface area contributed by atoms with E-state index in [1.165, 1.54) is 21.3 Å². The third kappa shape index (κ3) is 1.76. The van der Waals surface area contributed by atoms with E-state index in [9.17, 15) is 14.7 Å². The van der Waals surface area contributed by atoms with Gasteiger partial charge in [-0.05, 0) is 6.92 Å². The van der Waals surface area contributed by atoms with E-state index in [4.69, 9.17) is 5.73 Å². The summed E-state index contributed by atoms with van der Waals surface area (Å²) in [5.74, 6) is -0.803. The molecule has 3 heterocycles. The van der Waals surface area contributed by atoms with Crippen molar-refractivity contribution in [3.8, 4) is 0 Å². The molecule has 8 nitrogen and oxygen atoms in total. The van der Waals surface area contributed by atoms with Crippen molar-refractivity contribution in [3.63, 3.8) is 0 Å². The summed E-state index contributed by atoms with van der Waals surface area (Å²) in [6.07, 6.45) is 1.96. The van der Waals surface area contributed by atoms with Crippen molar-refractivity contribution in [2.75, 3.05) is 5.73 Å². The number of rotatable bonds is 3. The van der Waals surface area contributed by atoms with Crippen LogP contribution in [0.25, 0.3) is 0 Å². The number of fused-ring (bicyclic) bond motifs is 1. The first-order chi connectivity index (χ1) is 8.90. The average Bonchev–Trinajstić information content (AvgIpc) is 2.79. The number of nitrogens with zero attached hydrogens (tertiary/aromatic N) is 4. The van der Waals surface area contributed by atoms with Gasteiger partial charge in [-0.3, -0.25) is 4.79 Å². The fourth-order valence-corrected chi connectivity index (χ4v) is 4.45. The minimum Gasteiger partial charge on any atom is -0.480 e. The smallest absolute Gasteiger partial charge is 0.327 e. The number of carbonyl (C=O) groups is 2. The Bertz CT molecular complexity index is 561. The zero-order valence-electron chi connectivity index (χ0n) is 10.2. The number of nitrogen functional groups attached to an aromatic ring is 1. The monoisotopic (exact) mass is 283 g/mol. The zero-order chi connectivity index (χ0) is 13.8. The molecule has 0 bridgehead atoms. The second-order valence-electron chi connectivity index (χ2n) is 4.97. The maximum atomic E-state index is 11.6. The molecule has 2 aliphatic heterocycles. The number of thioether (sulfide) groups is 1. The largest absolute Gasteiger partial charge is 0.480 e. The van der Waals surface area contributed by atoms with Crippen LogP contribution in [0.5, 0.6) is 0 Å². The fraction of sp³-hybridized carbons (Fsp3) is 0.600. The summed E-state index contributed by atoms with van der Waals surface area (Å²) in [5, 5.41) is 16.9. The summed E-state index contributed by atoms with van der Waals surface area (Å²) >= 11 is 1.50. The van der Waals surface area contributed by atoms with E-state index in [2.05, 4.69) is 10.3 Å². The summed E-state index contributed by atoms with van der Waals surface area (Å²) in [6, 6.07) is -0.839. The van der Waals surface area contributed by atoms with Crippen molar-refractivity contribution in [2.45, 2.75) is 36.1 Å². The van der Waals surface area contributed by atoms with Crippen LogP contribution in [0.4, 0.5) is 5.82 Å². The molecule has 0 spiro atoms. The minimum absolute atomic E-state index is 0.0422. The molecule has 2 saturated heterocycles. The lowest BCUT2D eigenvalue weighted by Crippen LogP contribution is -2.58. The van der Waals surface area contributed by atoms with Crippen LogP contribution in [0.3, 0.4) is 0 Å². The summed E-state index contributed by atoms with van der Waals surface area (Å²) in [6.45, 7) is 2.18. The number of amides is 1. The Labute approximate surface area is 112 Å². The van der Waals surface area contributed by atoms with E-state index >= 15 is 0 Å². The zero-order valence-corrected chi connectivity index (χ0v) is 11.0. The number of β-lactam (4-membered cyclic amide) rings is 1. The van der Waals surface area contributed by atoms with Crippen LogP contribution in [0.15, 0.2) is 6.20 Å². The molecule has 0 saturated carbocycles. The van der Waals surface area contributed by atoms with Crippen LogP contribution in [0.1, 0.15) is 13.3 Å². The highest BCUT2D eigenvalue weighted by Crippen LogP contribution is 2.51. The van der Waals surface area contributed by atoms with Gasteiger partial charge >= 0.3 is 5.97 Å². The van der Waals surface area contributed by atoms with Gasteiger partial charge in [0.15, 0.2) is 5.82 Å². The predicted octanol–water partition coefficient (Wildman–Crippen LogP) is -0.623. The molecular weight excluding hydrogens is 270 g/mol. The first kappa shape index (κ1) is 12.3. The third-order valence-corrected chi connectivity index (χ3v) is 5.03. The van der Waals surface area contributed by atoms with E-state index in [0.29, 0.717) is 13.0 Å². The summed E-state index contributed by atoms with van der Waals surface area (Å²) in [7, 11) is 0. The molecular formula is C10H13N5O3S. The molecule has 19 heavy (non-hydrogen) atoms. The van der Waals surface area contributed by atoms with Crippen molar-refractivity contribution in [2.24, 2.45) is 0 Å². The number of hydrogen-bond donors (Lipinski definition) is 2. The van der Waals surface area contributed by atoms with E-state index in [1.54, 1.807) is 6.20 Å². The standard InChI is InChI=1S/C10H13N5O3S/c1-10(4-14-3-5(11)12-13-14)8(9(17)18)15-6(16)2-7(15)19-10/h3,7-8H,2,4,11H2,1H3,(H,17,18)/t7-,8+,10+/m1/s1. The number of anilines is 1. The Morgan fingerprint density at radius 1 is 1.74 bits per heavy atom. The first-order valence-electron chi connectivity index (χ1n) is 5.78. The number of hydrogen-bond acceptors (Lipinski definition) is 6. The lowest BCUT2D eigenvalue weighted by Gasteiger charge is -2.36. The van der Waals surface area contributed by atoms with Gasteiger partial charge in [0, 0.05) is 0 Å². The molecule has 1 aromatic heterocycles. The summed E-state index contributed by atoms with van der Waals surface area (Å²) < 4.78 is 0.886. The summed E-state index contributed by atoms with van der Waals surface area (Å²) in [5.41, 5.74) is 5.50. The van der Waals surface area contributed by atoms with Gasteiger partial charge in [-0.15, -0.1) is 16.9 Å². The fourth-order valence-electron chi connectivity index (χ4n) is 2.70. The van der Waals surface area contributed by atoms with E-state index < -0.39 is 16.8 Å². The second-order valence-corrected chi connectivity index (χ2v) is 6.68. The Morgan fingerprint density at radius 3 is 3.00 bits per heavy atom. The van der Waals surface area contributed by atoms with Crippen molar-refractivity contribution in [1.82, 2.24) is 19.9 Å². The van der Waals surface area contributed by atoms with Gasteiger partial charge in [0.05, 0.1) is 29.3 Å². The number of carboxylic acid groups (broad SMARTS) is 1. The Balaban J connectivity index is 1.89. The third-order valence-electron chi connectivity index (χ3n) is 3.48. The van der Waals surface area contributed by atoms with Crippen molar-refractivity contribution >= 4 is 29.5 Å².